The van der Waals surface area contributed by atoms with Crippen LogP contribution in [0.5, 0.6) is 0 Å². The molecule has 0 aromatic rings. The predicted octanol–water partition coefficient (Wildman–Crippen LogP) is 3.06. The Morgan fingerprint density at radius 3 is 2.59 bits per heavy atom. The van der Waals surface area contributed by atoms with E-state index in [0.717, 1.165) is 39.0 Å². The van der Waals surface area contributed by atoms with Gasteiger partial charge < -0.3 is 10.1 Å². The highest BCUT2D eigenvalue weighted by Gasteiger charge is 2.32. The van der Waals surface area contributed by atoms with E-state index in [2.05, 4.69) is 5.32 Å². The van der Waals surface area contributed by atoms with Crippen LogP contribution in [0.1, 0.15) is 51.9 Å². The zero-order chi connectivity index (χ0) is 12.1. The second-order valence-corrected chi connectivity index (χ2v) is 6.02. The van der Waals surface area contributed by atoms with Crippen LogP contribution < -0.4 is 5.32 Å². The van der Waals surface area contributed by atoms with Crippen LogP contribution in [0.25, 0.3) is 0 Å². The first-order chi connectivity index (χ1) is 8.16. The molecule has 2 fully saturated rings. The zero-order valence-electron chi connectivity index (χ0n) is 11.0. The van der Waals surface area contributed by atoms with E-state index in [0.29, 0.717) is 24.8 Å². The lowest BCUT2D eigenvalue weighted by molar-refractivity contribution is 0.0337. The largest absolute Gasteiger partial charge is 0.381 e. The molecule has 3 heteroatoms. The Hall–Kier alpha value is -0.150. The van der Waals surface area contributed by atoms with E-state index < -0.39 is 5.67 Å². The quantitative estimate of drug-likeness (QED) is 0.819. The summed E-state index contributed by atoms with van der Waals surface area (Å²) in [6.07, 6.45) is 7.13. The maximum absolute atomic E-state index is 14.6. The minimum Gasteiger partial charge on any atom is -0.381 e. The first-order valence-corrected chi connectivity index (χ1v) is 7.16. The van der Waals surface area contributed by atoms with Crippen molar-refractivity contribution < 1.29 is 9.13 Å². The molecule has 17 heavy (non-hydrogen) atoms. The second kappa shape index (κ2) is 6.14. The van der Waals surface area contributed by atoms with Gasteiger partial charge in [0.15, 0.2) is 0 Å². The molecule has 0 aliphatic carbocycles. The summed E-state index contributed by atoms with van der Waals surface area (Å²) in [6.45, 7) is 4.50. The number of hydrogen-bond donors (Lipinski definition) is 1. The topological polar surface area (TPSA) is 21.3 Å². The number of hydrogen-bond acceptors (Lipinski definition) is 2. The minimum atomic E-state index is -1.00. The fourth-order valence-electron chi connectivity index (χ4n) is 3.25. The van der Waals surface area contributed by atoms with Crippen molar-refractivity contribution in [1.82, 2.24) is 5.32 Å². The van der Waals surface area contributed by atoms with Gasteiger partial charge in [-0.25, -0.2) is 4.39 Å². The number of piperidine rings is 1. The SMILES string of the molecule is CC(F)(CC1CCOCC1)CC1CCCCN1. The van der Waals surface area contributed by atoms with Crippen LogP contribution in [0, 0.1) is 5.92 Å². The lowest BCUT2D eigenvalue weighted by Crippen LogP contribution is -2.40. The van der Waals surface area contributed by atoms with Gasteiger partial charge in [-0.15, -0.1) is 0 Å². The zero-order valence-corrected chi connectivity index (χ0v) is 11.0. The summed E-state index contributed by atoms with van der Waals surface area (Å²) in [4.78, 5) is 0. The number of ether oxygens (including phenoxy) is 1. The maximum atomic E-state index is 14.6. The molecule has 0 amide bonds. The summed E-state index contributed by atoms with van der Waals surface area (Å²) in [7, 11) is 0. The van der Waals surface area contributed by atoms with Gasteiger partial charge in [0.05, 0.1) is 0 Å². The molecule has 0 aromatic heterocycles. The van der Waals surface area contributed by atoms with Crippen molar-refractivity contribution in [2.24, 2.45) is 5.92 Å². The van der Waals surface area contributed by atoms with Crippen LogP contribution in [0.4, 0.5) is 4.39 Å². The molecule has 2 atom stereocenters. The van der Waals surface area contributed by atoms with Crippen molar-refractivity contribution in [3.8, 4) is 0 Å². The molecule has 2 aliphatic rings. The normalized spacial score (nSPS) is 31.1. The molecule has 2 heterocycles. The van der Waals surface area contributed by atoms with Crippen LogP contribution >= 0.6 is 0 Å². The third-order valence-electron chi connectivity index (χ3n) is 4.14. The highest BCUT2D eigenvalue weighted by molar-refractivity contribution is 4.85. The van der Waals surface area contributed by atoms with E-state index in [4.69, 9.17) is 4.74 Å². The van der Waals surface area contributed by atoms with Crippen LogP contribution in [0.15, 0.2) is 0 Å². The highest BCUT2D eigenvalue weighted by atomic mass is 19.1. The Bertz CT molecular complexity index is 198. The third-order valence-corrected chi connectivity index (χ3v) is 4.14. The number of halogens is 1. The Kier molecular flexibility index (Phi) is 4.80. The Morgan fingerprint density at radius 2 is 1.94 bits per heavy atom. The smallest absolute Gasteiger partial charge is 0.110 e. The number of rotatable bonds is 4. The van der Waals surface area contributed by atoms with Crippen molar-refractivity contribution >= 4 is 0 Å². The van der Waals surface area contributed by atoms with Crippen molar-refractivity contribution in [1.29, 1.82) is 0 Å². The molecule has 2 aliphatic heterocycles. The number of alkyl halides is 1. The molecule has 0 spiro atoms. The van der Waals surface area contributed by atoms with Crippen LogP contribution in [0.3, 0.4) is 0 Å². The van der Waals surface area contributed by atoms with E-state index in [1.807, 2.05) is 0 Å². The highest BCUT2D eigenvalue weighted by Crippen LogP contribution is 2.32. The van der Waals surface area contributed by atoms with Crippen molar-refractivity contribution in [3.05, 3.63) is 0 Å². The molecule has 0 saturated carbocycles. The molecule has 2 rings (SSSR count). The van der Waals surface area contributed by atoms with Crippen LogP contribution in [0.2, 0.25) is 0 Å². The lowest BCUT2D eigenvalue weighted by atomic mass is 9.83. The fraction of sp³-hybridized carbons (Fsp3) is 1.00. The lowest BCUT2D eigenvalue weighted by Gasteiger charge is -2.33. The summed E-state index contributed by atoms with van der Waals surface area (Å²) in [5.41, 5.74) is -1.00. The summed E-state index contributed by atoms with van der Waals surface area (Å²) in [6, 6.07) is 0.401. The van der Waals surface area contributed by atoms with Gasteiger partial charge in [0.25, 0.3) is 0 Å². The van der Waals surface area contributed by atoms with Crippen LogP contribution in [-0.4, -0.2) is 31.5 Å². The van der Waals surface area contributed by atoms with Crippen molar-refractivity contribution in [3.63, 3.8) is 0 Å². The van der Waals surface area contributed by atoms with Gasteiger partial charge in [0.1, 0.15) is 5.67 Å². The van der Waals surface area contributed by atoms with E-state index >= 15 is 0 Å². The van der Waals surface area contributed by atoms with Gasteiger partial charge in [0.2, 0.25) is 0 Å². The molecule has 2 saturated heterocycles. The molecule has 0 radical (unpaired) electrons. The molecule has 1 N–H and O–H groups in total. The van der Waals surface area contributed by atoms with Gasteiger partial charge in [-0.05, 0) is 57.9 Å². The molecular weight excluding hydrogens is 217 g/mol. The van der Waals surface area contributed by atoms with Gasteiger partial charge in [0, 0.05) is 19.3 Å². The molecular formula is C14H26FNO. The molecule has 0 aromatic carbocycles. The maximum Gasteiger partial charge on any atom is 0.110 e. The van der Waals surface area contributed by atoms with Gasteiger partial charge in [-0.3, -0.25) is 0 Å². The Labute approximate surface area is 104 Å². The first kappa shape index (κ1) is 13.3. The van der Waals surface area contributed by atoms with Gasteiger partial charge in [-0.1, -0.05) is 6.42 Å². The standard InChI is InChI=1S/C14H26FNO/c1-14(15,10-12-5-8-17-9-6-12)11-13-4-2-3-7-16-13/h12-13,16H,2-11H2,1H3. The molecule has 2 unspecified atom stereocenters. The third kappa shape index (κ3) is 4.55. The Morgan fingerprint density at radius 1 is 1.18 bits per heavy atom. The van der Waals surface area contributed by atoms with E-state index in [-0.39, 0.29) is 0 Å². The van der Waals surface area contributed by atoms with Crippen molar-refractivity contribution in [2.75, 3.05) is 19.8 Å². The molecule has 2 nitrogen and oxygen atoms in total. The fourth-order valence-corrected chi connectivity index (χ4v) is 3.25. The average molecular weight is 243 g/mol. The number of nitrogens with one attached hydrogen (secondary N) is 1. The molecule has 0 bridgehead atoms. The van der Waals surface area contributed by atoms with E-state index in [1.165, 1.54) is 12.8 Å². The van der Waals surface area contributed by atoms with Gasteiger partial charge >= 0.3 is 0 Å². The summed E-state index contributed by atoms with van der Waals surface area (Å²) in [5.74, 6) is 0.530. The summed E-state index contributed by atoms with van der Waals surface area (Å²) < 4.78 is 19.9. The van der Waals surface area contributed by atoms with Crippen molar-refractivity contribution in [2.45, 2.75) is 63.6 Å². The second-order valence-electron chi connectivity index (χ2n) is 6.02. The van der Waals surface area contributed by atoms with E-state index in [1.54, 1.807) is 6.92 Å². The molecule has 100 valence electrons. The Balaban J connectivity index is 1.75. The monoisotopic (exact) mass is 243 g/mol. The van der Waals surface area contributed by atoms with E-state index in [9.17, 15) is 4.39 Å². The minimum absolute atomic E-state index is 0.401. The summed E-state index contributed by atoms with van der Waals surface area (Å²) in [5, 5.41) is 3.45. The van der Waals surface area contributed by atoms with Gasteiger partial charge in [-0.2, -0.15) is 0 Å². The first-order valence-electron chi connectivity index (χ1n) is 7.16. The average Bonchev–Trinajstić information content (AvgIpc) is 2.30. The van der Waals surface area contributed by atoms with Crippen LogP contribution in [-0.2, 0) is 4.74 Å². The summed E-state index contributed by atoms with van der Waals surface area (Å²) >= 11 is 0. The predicted molar refractivity (Wildman–Crippen MR) is 67.9 cm³/mol.